The van der Waals surface area contributed by atoms with Crippen molar-refractivity contribution >= 4 is 26.7 Å². The Balaban J connectivity index is 2.47. The summed E-state index contributed by atoms with van der Waals surface area (Å²) in [5.41, 5.74) is 8.00. The van der Waals surface area contributed by atoms with Crippen molar-refractivity contribution in [3.05, 3.63) is 24.0 Å². The van der Waals surface area contributed by atoms with Crippen LogP contribution in [0.2, 0.25) is 0 Å². The lowest BCUT2D eigenvalue weighted by Crippen LogP contribution is -2.21. The average molecular weight is 268 g/mol. The molecule has 0 aliphatic heterocycles. The maximum Gasteiger partial charge on any atom is 0.210 e. The maximum atomic E-state index is 11.0. The summed E-state index contributed by atoms with van der Waals surface area (Å²) in [4.78, 5) is 4.44. The highest BCUT2D eigenvalue weighted by Crippen LogP contribution is 2.19. The Morgan fingerprint density at radius 3 is 2.72 bits per heavy atom. The molecule has 1 aromatic carbocycles. The number of aromatic nitrogens is 2. The summed E-state index contributed by atoms with van der Waals surface area (Å²) in [5, 5.41) is 5.03. The van der Waals surface area contributed by atoms with E-state index in [1.807, 2.05) is 17.6 Å². The minimum atomic E-state index is -3.48. The smallest absolute Gasteiger partial charge is 0.210 e. The minimum absolute atomic E-state index is 0.101. The average Bonchev–Trinajstić information content (AvgIpc) is 2.62. The van der Waals surface area contributed by atoms with Crippen LogP contribution in [0.15, 0.2) is 18.2 Å². The third kappa shape index (κ3) is 2.62. The van der Waals surface area contributed by atoms with E-state index in [1.54, 1.807) is 12.1 Å². The lowest BCUT2D eigenvalue weighted by Gasteiger charge is -2.06. The van der Waals surface area contributed by atoms with Gasteiger partial charge in [0.2, 0.25) is 10.0 Å². The van der Waals surface area contributed by atoms with Crippen molar-refractivity contribution in [2.45, 2.75) is 19.9 Å². The first-order chi connectivity index (χ1) is 8.40. The lowest BCUT2D eigenvalue weighted by molar-refractivity contribution is 0.589. The van der Waals surface area contributed by atoms with Gasteiger partial charge in [0.25, 0.3) is 0 Å². The van der Waals surface area contributed by atoms with Gasteiger partial charge < -0.3 is 10.3 Å². The molecular weight excluding hydrogens is 252 g/mol. The number of hydrogen-bond acceptors (Lipinski definition) is 4. The second kappa shape index (κ2) is 4.58. The molecule has 7 heteroatoms. The van der Waals surface area contributed by atoms with Gasteiger partial charge in [-0.1, -0.05) is 6.92 Å². The first-order valence-electron chi connectivity index (χ1n) is 5.66. The number of nitrogens with two attached hydrogens (primary N) is 2. The van der Waals surface area contributed by atoms with E-state index in [0.717, 1.165) is 23.3 Å². The quantitative estimate of drug-likeness (QED) is 0.786. The van der Waals surface area contributed by atoms with Crippen LogP contribution >= 0.6 is 0 Å². The van der Waals surface area contributed by atoms with Crippen LogP contribution in [0.3, 0.4) is 0 Å². The molecule has 2 aromatic rings. The van der Waals surface area contributed by atoms with E-state index in [-0.39, 0.29) is 5.75 Å². The summed E-state index contributed by atoms with van der Waals surface area (Å²) in [6.07, 6.45) is 0.721. The number of sulfonamides is 1. The topological polar surface area (TPSA) is 104 Å². The highest BCUT2D eigenvalue weighted by atomic mass is 32.2. The van der Waals surface area contributed by atoms with Gasteiger partial charge in [-0.2, -0.15) is 0 Å². The molecule has 18 heavy (non-hydrogen) atoms. The monoisotopic (exact) mass is 268 g/mol. The van der Waals surface area contributed by atoms with Crippen molar-refractivity contribution in [2.24, 2.45) is 5.14 Å². The maximum absolute atomic E-state index is 11.0. The molecule has 0 fully saturated rings. The van der Waals surface area contributed by atoms with Crippen molar-refractivity contribution in [3.63, 3.8) is 0 Å². The first-order valence-corrected chi connectivity index (χ1v) is 7.37. The Morgan fingerprint density at radius 1 is 1.39 bits per heavy atom. The molecule has 0 saturated heterocycles. The summed E-state index contributed by atoms with van der Waals surface area (Å²) in [6.45, 7) is 2.28. The van der Waals surface area contributed by atoms with E-state index in [1.165, 1.54) is 0 Å². The molecule has 0 unspecified atom stereocenters. The van der Waals surface area contributed by atoms with Crippen LogP contribution in [-0.2, 0) is 23.0 Å². The van der Waals surface area contributed by atoms with Crippen molar-refractivity contribution in [1.82, 2.24) is 9.55 Å². The fourth-order valence-corrected chi connectivity index (χ4v) is 2.37. The first kappa shape index (κ1) is 12.8. The van der Waals surface area contributed by atoms with E-state index in [0.29, 0.717) is 12.2 Å². The number of rotatable bonds is 4. The third-order valence-corrected chi connectivity index (χ3v) is 3.52. The van der Waals surface area contributed by atoms with E-state index < -0.39 is 10.0 Å². The zero-order valence-corrected chi connectivity index (χ0v) is 10.9. The van der Waals surface area contributed by atoms with Crippen molar-refractivity contribution in [1.29, 1.82) is 0 Å². The molecule has 0 aliphatic rings. The highest BCUT2D eigenvalue weighted by Gasteiger charge is 2.11. The van der Waals surface area contributed by atoms with Crippen LogP contribution in [0.25, 0.3) is 11.0 Å². The zero-order valence-electron chi connectivity index (χ0n) is 10.1. The van der Waals surface area contributed by atoms with Crippen LogP contribution in [-0.4, -0.2) is 23.7 Å². The molecule has 1 aromatic heterocycles. The van der Waals surface area contributed by atoms with Gasteiger partial charge in [-0.05, 0) is 18.2 Å². The van der Waals surface area contributed by atoms with E-state index >= 15 is 0 Å². The predicted molar refractivity (Wildman–Crippen MR) is 71.5 cm³/mol. The molecular formula is C11H16N4O2S. The van der Waals surface area contributed by atoms with Crippen LogP contribution in [0.4, 0.5) is 5.69 Å². The molecule has 98 valence electrons. The molecule has 0 bridgehead atoms. The number of imidazole rings is 1. The van der Waals surface area contributed by atoms with Crippen LogP contribution < -0.4 is 10.9 Å². The normalized spacial score (nSPS) is 12.1. The Bertz CT molecular complexity index is 676. The number of hydrogen-bond donors (Lipinski definition) is 2. The molecule has 4 N–H and O–H groups in total. The van der Waals surface area contributed by atoms with Crippen LogP contribution in [0.1, 0.15) is 12.7 Å². The SMILES string of the molecule is CCc1nc2cc(N)ccc2n1CCS(N)(=O)=O. The van der Waals surface area contributed by atoms with Gasteiger partial charge in [-0.15, -0.1) is 0 Å². The molecule has 0 aliphatic carbocycles. The zero-order chi connectivity index (χ0) is 13.3. The fraction of sp³-hybridized carbons (Fsp3) is 0.364. The van der Waals surface area contributed by atoms with Crippen LogP contribution in [0.5, 0.6) is 0 Å². The van der Waals surface area contributed by atoms with Crippen molar-refractivity contribution in [3.8, 4) is 0 Å². The molecule has 0 saturated carbocycles. The molecule has 0 amide bonds. The molecule has 2 rings (SSSR count). The summed E-state index contributed by atoms with van der Waals surface area (Å²) < 4.78 is 24.0. The van der Waals surface area contributed by atoms with E-state index in [2.05, 4.69) is 4.98 Å². The number of aryl methyl sites for hydroxylation is 2. The van der Waals surface area contributed by atoms with E-state index in [9.17, 15) is 8.42 Å². The van der Waals surface area contributed by atoms with Gasteiger partial charge in [0.1, 0.15) is 5.82 Å². The second-order valence-electron chi connectivity index (χ2n) is 4.15. The summed E-state index contributed by atoms with van der Waals surface area (Å²) in [7, 11) is -3.48. The molecule has 0 radical (unpaired) electrons. The van der Waals surface area contributed by atoms with E-state index in [4.69, 9.17) is 10.9 Å². The van der Waals surface area contributed by atoms with Gasteiger partial charge in [0.15, 0.2) is 0 Å². The second-order valence-corrected chi connectivity index (χ2v) is 5.88. The van der Waals surface area contributed by atoms with Crippen LogP contribution in [0, 0.1) is 0 Å². The standard InChI is InChI=1S/C11H16N4O2S/c1-2-11-14-9-7-8(12)3-4-10(9)15(11)5-6-18(13,16)17/h3-4,7H,2,5-6,12H2,1H3,(H2,13,16,17). The number of fused-ring (bicyclic) bond motifs is 1. The number of primary sulfonamides is 1. The fourth-order valence-electron chi connectivity index (χ4n) is 1.93. The largest absolute Gasteiger partial charge is 0.399 e. The van der Waals surface area contributed by atoms with Gasteiger partial charge in [0.05, 0.1) is 16.8 Å². The third-order valence-electron chi connectivity index (χ3n) is 2.77. The Labute approximate surface area is 106 Å². The van der Waals surface area contributed by atoms with Gasteiger partial charge in [-0.25, -0.2) is 18.5 Å². The minimum Gasteiger partial charge on any atom is -0.399 e. The Kier molecular flexibility index (Phi) is 3.27. The Morgan fingerprint density at radius 2 is 2.11 bits per heavy atom. The lowest BCUT2D eigenvalue weighted by atomic mass is 10.3. The number of nitrogen functional groups attached to an aromatic ring is 1. The summed E-state index contributed by atoms with van der Waals surface area (Å²) in [6, 6.07) is 5.40. The molecule has 1 heterocycles. The van der Waals surface area contributed by atoms with Crippen molar-refractivity contribution in [2.75, 3.05) is 11.5 Å². The van der Waals surface area contributed by atoms with Gasteiger partial charge >= 0.3 is 0 Å². The van der Waals surface area contributed by atoms with Gasteiger partial charge in [-0.3, -0.25) is 0 Å². The highest BCUT2D eigenvalue weighted by molar-refractivity contribution is 7.89. The molecule has 0 spiro atoms. The summed E-state index contributed by atoms with van der Waals surface area (Å²) >= 11 is 0. The number of benzene rings is 1. The van der Waals surface area contributed by atoms with Gasteiger partial charge in [0, 0.05) is 18.7 Å². The Hall–Kier alpha value is -1.60. The summed E-state index contributed by atoms with van der Waals surface area (Å²) in [5.74, 6) is 0.731. The number of nitrogens with zero attached hydrogens (tertiary/aromatic N) is 2. The molecule has 6 nitrogen and oxygen atoms in total. The van der Waals surface area contributed by atoms with Crippen molar-refractivity contribution < 1.29 is 8.42 Å². The molecule has 0 atom stereocenters. The predicted octanol–water partition coefficient (Wildman–Crippen LogP) is 0.469. The number of anilines is 1.